The molecular formula is C18H15N5O6. The van der Waals surface area contributed by atoms with E-state index in [9.17, 15) is 24.0 Å². The number of nitrogens with one attached hydrogen (secondary N) is 3. The third-order valence-electron chi connectivity index (χ3n) is 4.84. The van der Waals surface area contributed by atoms with Crippen LogP contribution in [0, 0.1) is 0 Å². The molecule has 11 heteroatoms. The molecule has 148 valence electrons. The molecule has 4 N–H and O–H groups in total. The van der Waals surface area contributed by atoms with Crippen molar-refractivity contribution in [1.82, 2.24) is 20.4 Å². The van der Waals surface area contributed by atoms with Gasteiger partial charge in [0.2, 0.25) is 11.8 Å². The fraction of sp³-hybridized carbons (Fsp3) is 0.222. The number of carbonyl (C=O) groups excluding carboxylic acids is 4. The molecule has 0 radical (unpaired) electrons. The van der Waals surface area contributed by atoms with E-state index in [2.05, 4.69) is 20.8 Å². The number of amides is 4. The number of nitrogens with zero attached hydrogens (tertiary/aromatic N) is 2. The number of rotatable bonds is 4. The highest BCUT2D eigenvalue weighted by molar-refractivity contribution is 6.08. The topological polar surface area (TPSA) is 162 Å². The number of fused-ring (bicyclic) bond motifs is 1. The van der Waals surface area contributed by atoms with Crippen molar-refractivity contribution in [3.63, 3.8) is 0 Å². The van der Waals surface area contributed by atoms with Gasteiger partial charge in [0.1, 0.15) is 11.7 Å². The number of carbonyl (C=O) groups is 5. The minimum Gasteiger partial charge on any atom is -0.477 e. The summed E-state index contributed by atoms with van der Waals surface area (Å²) in [5, 5.41) is 19.6. The molecule has 2 aromatic rings. The fourth-order valence-electron chi connectivity index (χ4n) is 3.40. The van der Waals surface area contributed by atoms with Gasteiger partial charge in [-0.25, -0.2) is 4.79 Å². The van der Waals surface area contributed by atoms with Gasteiger partial charge < -0.3 is 15.3 Å². The van der Waals surface area contributed by atoms with Crippen LogP contribution in [-0.4, -0.2) is 55.8 Å². The van der Waals surface area contributed by atoms with Crippen molar-refractivity contribution in [2.45, 2.75) is 25.4 Å². The molecule has 2 aliphatic rings. The van der Waals surface area contributed by atoms with Gasteiger partial charge in [-0.3, -0.25) is 29.6 Å². The first-order chi connectivity index (χ1) is 13.8. The molecule has 1 aromatic heterocycles. The van der Waals surface area contributed by atoms with Crippen molar-refractivity contribution in [3.05, 3.63) is 46.6 Å². The number of carboxylic acids is 1. The summed E-state index contributed by atoms with van der Waals surface area (Å²) in [5.74, 6) is -2.88. The zero-order valence-electron chi connectivity index (χ0n) is 14.9. The predicted molar refractivity (Wildman–Crippen MR) is 96.0 cm³/mol. The summed E-state index contributed by atoms with van der Waals surface area (Å²) >= 11 is 0. The van der Waals surface area contributed by atoms with Crippen molar-refractivity contribution >= 4 is 35.4 Å². The molecule has 2 aliphatic heterocycles. The Morgan fingerprint density at radius 2 is 2.00 bits per heavy atom. The highest BCUT2D eigenvalue weighted by Gasteiger charge is 2.39. The van der Waals surface area contributed by atoms with E-state index in [0.717, 1.165) is 0 Å². The van der Waals surface area contributed by atoms with Crippen molar-refractivity contribution in [1.29, 1.82) is 0 Å². The Bertz CT molecular complexity index is 1070. The number of piperidine rings is 1. The maximum Gasteiger partial charge on any atom is 0.353 e. The van der Waals surface area contributed by atoms with E-state index < -0.39 is 23.8 Å². The zero-order valence-corrected chi connectivity index (χ0v) is 14.9. The lowest BCUT2D eigenvalue weighted by Crippen LogP contribution is -2.52. The Balaban J connectivity index is 1.51. The van der Waals surface area contributed by atoms with Crippen LogP contribution < -0.4 is 10.6 Å². The Labute approximate surface area is 163 Å². The average Bonchev–Trinajstić information content (AvgIpc) is 3.26. The van der Waals surface area contributed by atoms with Gasteiger partial charge in [0, 0.05) is 30.2 Å². The summed E-state index contributed by atoms with van der Waals surface area (Å²) in [5.41, 5.74) is 1.06. The van der Waals surface area contributed by atoms with Gasteiger partial charge in [0.25, 0.3) is 11.8 Å². The molecule has 1 saturated heterocycles. The summed E-state index contributed by atoms with van der Waals surface area (Å²) in [6.07, 6.45) is 0.412. The first kappa shape index (κ1) is 18.3. The number of H-pyrrole nitrogens is 1. The van der Waals surface area contributed by atoms with Crippen molar-refractivity contribution in [2.75, 3.05) is 5.32 Å². The van der Waals surface area contributed by atoms with Gasteiger partial charge in [-0.2, -0.15) is 5.10 Å². The summed E-state index contributed by atoms with van der Waals surface area (Å²) in [7, 11) is 0. The van der Waals surface area contributed by atoms with Crippen LogP contribution >= 0.6 is 0 Å². The first-order valence-corrected chi connectivity index (χ1v) is 8.71. The number of imide groups is 1. The molecule has 1 atom stereocenters. The molecular weight excluding hydrogens is 382 g/mol. The Kier molecular flexibility index (Phi) is 4.34. The highest BCUT2D eigenvalue weighted by atomic mass is 16.4. The van der Waals surface area contributed by atoms with E-state index in [1.807, 2.05) is 0 Å². The Morgan fingerprint density at radius 1 is 1.21 bits per heavy atom. The lowest BCUT2D eigenvalue weighted by molar-refractivity contribution is -0.136. The third-order valence-corrected chi connectivity index (χ3v) is 4.84. The van der Waals surface area contributed by atoms with Gasteiger partial charge in [-0.05, 0) is 30.2 Å². The minimum absolute atomic E-state index is 0.0501. The molecule has 0 aliphatic carbocycles. The highest BCUT2D eigenvalue weighted by Crippen LogP contribution is 2.28. The summed E-state index contributed by atoms with van der Waals surface area (Å²) < 4.78 is 0. The third kappa shape index (κ3) is 3.33. The molecule has 11 nitrogen and oxygen atoms in total. The number of hydrogen-bond acceptors (Lipinski definition) is 6. The second-order valence-corrected chi connectivity index (χ2v) is 6.70. The summed E-state index contributed by atoms with van der Waals surface area (Å²) in [6, 6.07) is 4.96. The number of hydrogen-bond donors (Lipinski definition) is 4. The van der Waals surface area contributed by atoms with Gasteiger partial charge >= 0.3 is 5.97 Å². The Morgan fingerprint density at radius 3 is 2.69 bits per heavy atom. The number of aromatic carboxylic acids is 1. The molecule has 1 fully saturated rings. The van der Waals surface area contributed by atoms with E-state index in [0.29, 0.717) is 11.1 Å². The maximum atomic E-state index is 12.7. The van der Waals surface area contributed by atoms with Crippen molar-refractivity contribution < 1.29 is 29.1 Å². The molecule has 4 amide bonds. The number of anilines is 1. The number of benzene rings is 1. The quantitative estimate of drug-likeness (QED) is 0.533. The van der Waals surface area contributed by atoms with Crippen LogP contribution in [0.25, 0.3) is 0 Å². The zero-order chi connectivity index (χ0) is 20.7. The van der Waals surface area contributed by atoms with E-state index in [-0.39, 0.29) is 48.3 Å². The first-order valence-electron chi connectivity index (χ1n) is 8.71. The maximum absolute atomic E-state index is 12.7. The molecule has 29 heavy (non-hydrogen) atoms. The van der Waals surface area contributed by atoms with E-state index in [4.69, 9.17) is 5.11 Å². The number of aromatic nitrogens is 2. The van der Waals surface area contributed by atoms with Gasteiger partial charge in [-0.1, -0.05) is 0 Å². The standard InChI is InChI=1S/C18H15N5O6/c24-14-4-3-12(16(26)20-14)23-7-9-5-8(1-2-10(9)17(23)27)15(25)19-13-6-11(18(28)29)21-22-13/h1-2,5-6,12H,3-4,7H2,(H,28,29)(H,20,24,26)(H2,19,21,22,25). The molecule has 0 spiro atoms. The van der Waals surface area contributed by atoms with Crippen LogP contribution in [0.4, 0.5) is 5.82 Å². The largest absolute Gasteiger partial charge is 0.477 e. The number of aromatic amines is 1. The molecule has 3 heterocycles. The van der Waals surface area contributed by atoms with E-state index >= 15 is 0 Å². The summed E-state index contributed by atoms with van der Waals surface area (Å²) in [6.45, 7) is 0.146. The van der Waals surface area contributed by atoms with Crippen LogP contribution in [0.1, 0.15) is 49.6 Å². The lowest BCUT2D eigenvalue weighted by atomic mass is 10.0. The van der Waals surface area contributed by atoms with Crippen LogP contribution in [0.2, 0.25) is 0 Å². The second-order valence-electron chi connectivity index (χ2n) is 6.70. The molecule has 1 aromatic carbocycles. The van der Waals surface area contributed by atoms with Crippen molar-refractivity contribution in [3.8, 4) is 0 Å². The van der Waals surface area contributed by atoms with Crippen LogP contribution in [-0.2, 0) is 16.1 Å². The van der Waals surface area contributed by atoms with Gasteiger partial charge in [0.15, 0.2) is 5.82 Å². The second kappa shape index (κ2) is 6.86. The van der Waals surface area contributed by atoms with E-state index in [1.165, 1.54) is 23.1 Å². The summed E-state index contributed by atoms with van der Waals surface area (Å²) in [4.78, 5) is 60.7. The van der Waals surface area contributed by atoms with Crippen LogP contribution in [0.5, 0.6) is 0 Å². The van der Waals surface area contributed by atoms with Crippen LogP contribution in [0.15, 0.2) is 24.3 Å². The van der Waals surface area contributed by atoms with Crippen molar-refractivity contribution in [2.24, 2.45) is 0 Å². The molecule has 0 bridgehead atoms. The fourth-order valence-corrected chi connectivity index (χ4v) is 3.40. The van der Waals surface area contributed by atoms with E-state index in [1.54, 1.807) is 6.07 Å². The van der Waals surface area contributed by atoms with Gasteiger partial charge in [-0.15, -0.1) is 0 Å². The monoisotopic (exact) mass is 397 g/mol. The number of carboxylic acid groups (broad SMARTS) is 1. The molecule has 4 rings (SSSR count). The van der Waals surface area contributed by atoms with Gasteiger partial charge in [0.05, 0.1) is 0 Å². The molecule has 0 saturated carbocycles. The predicted octanol–water partition coefficient (Wildman–Crippen LogP) is 0.121. The average molecular weight is 397 g/mol. The normalized spacial score (nSPS) is 18.4. The lowest BCUT2D eigenvalue weighted by Gasteiger charge is -2.29. The van der Waals surface area contributed by atoms with Crippen LogP contribution in [0.3, 0.4) is 0 Å². The smallest absolute Gasteiger partial charge is 0.353 e. The minimum atomic E-state index is -1.21. The molecule has 1 unspecified atom stereocenters. The SMILES string of the molecule is O=C1CCC(N2Cc3cc(C(=O)Nc4cc(C(=O)O)[nH]n4)ccc3C2=O)C(=O)N1. The Hall–Kier alpha value is -4.02.